The average molecular weight is 370 g/mol. The van der Waals surface area contributed by atoms with Gasteiger partial charge in [0.15, 0.2) is 0 Å². The SMILES string of the molecule is CCCOc1ccc(OC(c2cc(Br)cs2)C(C)N)cc1. The Hall–Kier alpha value is -1.04. The lowest BCUT2D eigenvalue weighted by molar-refractivity contribution is 0.184. The van der Waals surface area contributed by atoms with Crippen LogP contribution in [-0.2, 0) is 0 Å². The highest BCUT2D eigenvalue weighted by Crippen LogP contribution is 2.31. The summed E-state index contributed by atoms with van der Waals surface area (Å²) in [5, 5.41) is 2.04. The highest BCUT2D eigenvalue weighted by Gasteiger charge is 2.20. The van der Waals surface area contributed by atoms with Crippen LogP contribution >= 0.6 is 27.3 Å². The molecule has 3 nitrogen and oxygen atoms in total. The van der Waals surface area contributed by atoms with E-state index in [0.717, 1.165) is 33.9 Å². The van der Waals surface area contributed by atoms with Crippen LogP contribution in [0.3, 0.4) is 0 Å². The molecule has 5 heteroatoms. The molecule has 21 heavy (non-hydrogen) atoms. The van der Waals surface area contributed by atoms with Gasteiger partial charge in [0, 0.05) is 20.8 Å². The molecular weight excluding hydrogens is 350 g/mol. The van der Waals surface area contributed by atoms with E-state index in [4.69, 9.17) is 15.2 Å². The molecule has 0 saturated heterocycles. The highest BCUT2D eigenvalue weighted by molar-refractivity contribution is 9.10. The van der Waals surface area contributed by atoms with Gasteiger partial charge in [0.1, 0.15) is 17.6 Å². The van der Waals surface area contributed by atoms with Crippen LogP contribution in [0.1, 0.15) is 31.2 Å². The van der Waals surface area contributed by atoms with Crippen LogP contribution in [0.4, 0.5) is 0 Å². The summed E-state index contributed by atoms with van der Waals surface area (Å²) in [7, 11) is 0. The van der Waals surface area contributed by atoms with Gasteiger partial charge in [-0.3, -0.25) is 0 Å². The van der Waals surface area contributed by atoms with Gasteiger partial charge in [-0.25, -0.2) is 0 Å². The summed E-state index contributed by atoms with van der Waals surface area (Å²) in [6, 6.07) is 9.65. The van der Waals surface area contributed by atoms with Gasteiger partial charge in [0.05, 0.1) is 6.61 Å². The Morgan fingerprint density at radius 1 is 1.24 bits per heavy atom. The summed E-state index contributed by atoms with van der Waals surface area (Å²) < 4.78 is 12.7. The molecule has 0 aliphatic carbocycles. The van der Waals surface area contributed by atoms with Crippen molar-refractivity contribution in [3.63, 3.8) is 0 Å². The molecule has 114 valence electrons. The Bertz CT molecular complexity index is 554. The minimum atomic E-state index is -0.149. The van der Waals surface area contributed by atoms with Crippen molar-refractivity contribution < 1.29 is 9.47 Å². The number of ether oxygens (including phenoxy) is 2. The van der Waals surface area contributed by atoms with Crippen molar-refractivity contribution in [3.8, 4) is 11.5 Å². The third kappa shape index (κ3) is 4.73. The second kappa shape index (κ2) is 7.82. The van der Waals surface area contributed by atoms with Gasteiger partial charge in [0.25, 0.3) is 0 Å². The van der Waals surface area contributed by atoms with Crippen LogP contribution in [0.25, 0.3) is 0 Å². The van der Waals surface area contributed by atoms with Crippen LogP contribution in [0.2, 0.25) is 0 Å². The second-order valence-corrected chi connectivity index (χ2v) is 6.74. The zero-order chi connectivity index (χ0) is 15.2. The molecule has 2 N–H and O–H groups in total. The lowest BCUT2D eigenvalue weighted by Gasteiger charge is -2.21. The number of thiophene rings is 1. The molecule has 0 saturated carbocycles. The zero-order valence-electron chi connectivity index (χ0n) is 12.2. The van der Waals surface area contributed by atoms with Crippen molar-refractivity contribution in [2.45, 2.75) is 32.4 Å². The first kappa shape index (κ1) is 16.3. The van der Waals surface area contributed by atoms with Gasteiger partial charge < -0.3 is 15.2 Å². The zero-order valence-corrected chi connectivity index (χ0v) is 14.6. The van der Waals surface area contributed by atoms with Gasteiger partial charge >= 0.3 is 0 Å². The maximum absolute atomic E-state index is 6.06. The Kier molecular flexibility index (Phi) is 6.08. The fourth-order valence-corrected chi connectivity index (χ4v) is 3.47. The van der Waals surface area contributed by atoms with E-state index in [9.17, 15) is 0 Å². The first-order valence-corrected chi connectivity index (χ1v) is 8.66. The fraction of sp³-hybridized carbons (Fsp3) is 0.375. The van der Waals surface area contributed by atoms with Crippen molar-refractivity contribution in [2.24, 2.45) is 5.73 Å². The van der Waals surface area contributed by atoms with E-state index in [2.05, 4.69) is 28.9 Å². The molecule has 2 rings (SSSR count). The highest BCUT2D eigenvalue weighted by atomic mass is 79.9. The summed E-state index contributed by atoms with van der Waals surface area (Å²) in [5.74, 6) is 1.66. The van der Waals surface area contributed by atoms with Gasteiger partial charge in [-0.2, -0.15) is 0 Å². The van der Waals surface area contributed by atoms with Crippen molar-refractivity contribution in [1.82, 2.24) is 0 Å². The Balaban J connectivity index is 2.07. The van der Waals surface area contributed by atoms with Crippen LogP contribution in [0.15, 0.2) is 40.2 Å². The number of hydrogen-bond acceptors (Lipinski definition) is 4. The summed E-state index contributed by atoms with van der Waals surface area (Å²) in [6.07, 6.45) is 0.849. The number of benzene rings is 1. The molecule has 0 fully saturated rings. The fourth-order valence-electron chi connectivity index (χ4n) is 1.88. The van der Waals surface area contributed by atoms with E-state index in [1.54, 1.807) is 11.3 Å². The second-order valence-electron chi connectivity index (χ2n) is 4.88. The predicted octanol–water partition coefficient (Wildman–Crippen LogP) is 4.77. The summed E-state index contributed by atoms with van der Waals surface area (Å²) in [4.78, 5) is 1.11. The smallest absolute Gasteiger partial charge is 0.148 e. The van der Waals surface area contributed by atoms with Crippen LogP contribution in [0, 0.1) is 0 Å². The molecule has 0 radical (unpaired) electrons. The maximum Gasteiger partial charge on any atom is 0.148 e. The van der Waals surface area contributed by atoms with E-state index < -0.39 is 0 Å². The van der Waals surface area contributed by atoms with Gasteiger partial charge in [0.2, 0.25) is 0 Å². The largest absolute Gasteiger partial charge is 0.494 e. The topological polar surface area (TPSA) is 44.5 Å². The lowest BCUT2D eigenvalue weighted by Crippen LogP contribution is -2.28. The predicted molar refractivity (Wildman–Crippen MR) is 91.3 cm³/mol. The molecule has 0 aliphatic heterocycles. The number of rotatable bonds is 7. The van der Waals surface area contributed by atoms with Crippen molar-refractivity contribution in [1.29, 1.82) is 0 Å². The van der Waals surface area contributed by atoms with Crippen molar-refractivity contribution in [3.05, 3.63) is 45.1 Å². The van der Waals surface area contributed by atoms with E-state index in [1.807, 2.05) is 36.6 Å². The molecule has 0 spiro atoms. The third-order valence-electron chi connectivity index (χ3n) is 2.91. The molecule has 0 bridgehead atoms. The number of nitrogens with two attached hydrogens (primary N) is 1. The molecule has 0 amide bonds. The first-order chi connectivity index (χ1) is 10.1. The molecule has 2 atom stereocenters. The average Bonchev–Trinajstić information content (AvgIpc) is 2.89. The molecule has 2 unspecified atom stereocenters. The lowest BCUT2D eigenvalue weighted by atomic mass is 10.1. The molecule has 1 aromatic carbocycles. The minimum absolute atomic E-state index is 0.0911. The van der Waals surface area contributed by atoms with Crippen molar-refractivity contribution in [2.75, 3.05) is 6.61 Å². The Morgan fingerprint density at radius 3 is 2.43 bits per heavy atom. The molecular formula is C16H20BrNO2S. The Morgan fingerprint density at radius 2 is 1.90 bits per heavy atom. The van der Waals surface area contributed by atoms with Gasteiger partial charge in [-0.05, 0) is 59.6 Å². The van der Waals surface area contributed by atoms with Crippen LogP contribution in [-0.4, -0.2) is 12.6 Å². The van der Waals surface area contributed by atoms with E-state index >= 15 is 0 Å². The minimum Gasteiger partial charge on any atom is -0.494 e. The van der Waals surface area contributed by atoms with Crippen molar-refractivity contribution >= 4 is 27.3 Å². The van der Waals surface area contributed by atoms with E-state index in [-0.39, 0.29) is 12.1 Å². The summed E-state index contributed by atoms with van der Waals surface area (Å²) >= 11 is 5.11. The third-order valence-corrected chi connectivity index (χ3v) is 4.66. The van der Waals surface area contributed by atoms with Gasteiger partial charge in [-0.15, -0.1) is 11.3 Å². The first-order valence-electron chi connectivity index (χ1n) is 6.99. The van der Waals surface area contributed by atoms with Gasteiger partial charge in [-0.1, -0.05) is 6.92 Å². The molecule has 0 aliphatic rings. The van der Waals surface area contributed by atoms with E-state index in [1.165, 1.54) is 0 Å². The standard InChI is InChI=1S/C16H20BrNO2S/c1-3-8-19-13-4-6-14(7-5-13)20-16(11(2)18)15-9-12(17)10-21-15/h4-7,9-11,16H,3,8,18H2,1-2H3. The Labute approximate surface area is 138 Å². The number of halogens is 1. The van der Waals surface area contributed by atoms with Crippen LogP contribution < -0.4 is 15.2 Å². The summed E-state index contributed by atoms with van der Waals surface area (Å²) in [5.41, 5.74) is 6.06. The van der Waals surface area contributed by atoms with Crippen LogP contribution in [0.5, 0.6) is 11.5 Å². The molecule has 1 heterocycles. The maximum atomic E-state index is 6.06. The monoisotopic (exact) mass is 369 g/mol. The van der Waals surface area contributed by atoms with E-state index in [0.29, 0.717) is 0 Å². The summed E-state index contributed by atoms with van der Waals surface area (Å²) in [6.45, 7) is 4.77. The normalized spacial score (nSPS) is 13.7. The number of hydrogen-bond donors (Lipinski definition) is 1. The molecule has 1 aromatic heterocycles. The molecule has 2 aromatic rings. The quantitative estimate of drug-likeness (QED) is 0.764.